The third kappa shape index (κ3) is 2.83. The van der Waals surface area contributed by atoms with E-state index in [9.17, 15) is 0 Å². The molecule has 1 aromatic carbocycles. The molecule has 2 unspecified atom stereocenters. The summed E-state index contributed by atoms with van der Waals surface area (Å²) in [5.74, 6) is 0.918. The van der Waals surface area contributed by atoms with Crippen molar-refractivity contribution in [3.05, 3.63) is 48.8 Å². The number of aromatic nitrogens is 1. The van der Waals surface area contributed by atoms with Crippen molar-refractivity contribution in [3.8, 4) is 16.9 Å². The Hall–Kier alpha value is -1.87. The third-order valence-electron chi connectivity index (χ3n) is 3.91. The van der Waals surface area contributed by atoms with Crippen molar-refractivity contribution in [2.75, 3.05) is 0 Å². The van der Waals surface area contributed by atoms with Crippen LogP contribution < -0.4 is 10.5 Å². The number of benzene rings is 1. The summed E-state index contributed by atoms with van der Waals surface area (Å²) in [6.45, 7) is 0. The molecule has 0 bridgehead atoms. The van der Waals surface area contributed by atoms with Crippen molar-refractivity contribution in [1.82, 2.24) is 4.98 Å². The zero-order chi connectivity index (χ0) is 13.8. The molecule has 3 rings (SSSR count). The molecule has 1 aliphatic rings. The van der Waals surface area contributed by atoms with Gasteiger partial charge in [0, 0.05) is 24.0 Å². The maximum Gasteiger partial charge on any atom is 0.127 e. The van der Waals surface area contributed by atoms with Crippen LogP contribution in [0, 0.1) is 0 Å². The van der Waals surface area contributed by atoms with Crippen LogP contribution in [0.1, 0.15) is 25.7 Å². The molecule has 1 saturated carbocycles. The minimum atomic E-state index is 0.131. The third-order valence-corrected chi connectivity index (χ3v) is 3.91. The van der Waals surface area contributed by atoms with Gasteiger partial charge in [0.25, 0.3) is 0 Å². The lowest BCUT2D eigenvalue weighted by atomic mass is 9.93. The molecule has 1 aromatic heterocycles. The molecule has 3 heteroatoms. The van der Waals surface area contributed by atoms with Gasteiger partial charge >= 0.3 is 0 Å². The summed E-state index contributed by atoms with van der Waals surface area (Å²) in [5.41, 5.74) is 8.41. The van der Waals surface area contributed by atoms with E-state index in [2.05, 4.69) is 11.1 Å². The number of pyridine rings is 1. The second-order valence-electron chi connectivity index (χ2n) is 5.34. The highest BCUT2D eigenvalue weighted by Gasteiger charge is 2.24. The van der Waals surface area contributed by atoms with Crippen LogP contribution in [0.25, 0.3) is 11.1 Å². The van der Waals surface area contributed by atoms with Crippen molar-refractivity contribution in [3.63, 3.8) is 0 Å². The highest BCUT2D eigenvalue weighted by atomic mass is 16.5. The number of para-hydroxylation sites is 1. The standard InChI is InChI=1S/C17H20N2O/c18-15-6-2-4-8-17(15)20-16-7-3-1-5-14(16)13-9-11-19-12-10-13/h1,3,5,7,9-12,15,17H,2,4,6,8,18H2. The molecule has 1 aliphatic carbocycles. The summed E-state index contributed by atoms with van der Waals surface area (Å²) < 4.78 is 6.21. The van der Waals surface area contributed by atoms with Gasteiger partial charge in [-0.25, -0.2) is 0 Å². The predicted octanol–water partition coefficient (Wildman–Crippen LogP) is 3.40. The topological polar surface area (TPSA) is 48.1 Å². The van der Waals surface area contributed by atoms with Crippen LogP contribution in [0.15, 0.2) is 48.8 Å². The number of hydrogen-bond donors (Lipinski definition) is 1. The fourth-order valence-corrected chi connectivity index (χ4v) is 2.77. The van der Waals surface area contributed by atoms with Crippen molar-refractivity contribution < 1.29 is 4.74 Å². The average Bonchev–Trinajstić information content (AvgIpc) is 2.51. The molecule has 1 heterocycles. The van der Waals surface area contributed by atoms with Gasteiger partial charge in [0.05, 0.1) is 0 Å². The molecule has 2 aromatic rings. The van der Waals surface area contributed by atoms with E-state index in [0.717, 1.165) is 29.7 Å². The van der Waals surface area contributed by atoms with Gasteiger partial charge in [-0.2, -0.15) is 0 Å². The van der Waals surface area contributed by atoms with Crippen LogP contribution in [-0.2, 0) is 0 Å². The number of nitrogens with zero attached hydrogens (tertiary/aromatic N) is 1. The first-order valence-corrected chi connectivity index (χ1v) is 7.26. The zero-order valence-electron chi connectivity index (χ0n) is 11.5. The summed E-state index contributed by atoms with van der Waals surface area (Å²) >= 11 is 0. The molecule has 0 saturated heterocycles. The molecular formula is C17H20N2O. The van der Waals surface area contributed by atoms with Gasteiger partial charge in [0.1, 0.15) is 11.9 Å². The first-order chi connectivity index (χ1) is 9.84. The summed E-state index contributed by atoms with van der Waals surface area (Å²) in [6.07, 6.45) is 8.26. The Kier molecular flexibility index (Phi) is 3.97. The van der Waals surface area contributed by atoms with Crippen molar-refractivity contribution >= 4 is 0 Å². The van der Waals surface area contributed by atoms with E-state index in [1.165, 1.54) is 12.8 Å². The van der Waals surface area contributed by atoms with Crippen molar-refractivity contribution in [2.45, 2.75) is 37.8 Å². The Bertz CT molecular complexity index is 556. The lowest BCUT2D eigenvalue weighted by molar-refractivity contribution is 0.133. The Balaban J connectivity index is 1.86. The van der Waals surface area contributed by atoms with E-state index < -0.39 is 0 Å². The summed E-state index contributed by atoms with van der Waals surface area (Å²) in [6, 6.07) is 12.3. The van der Waals surface area contributed by atoms with Gasteiger partial charge < -0.3 is 10.5 Å². The Morgan fingerprint density at radius 2 is 1.75 bits per heavy atom. The van der Waals surface area contributed by atoms with E-state index >= 15 is 0 Å². The van der Waals surface area contributed by atoms with Gasteiger partial charge in [-0.05, 0) is 43.0 Å². The van der Waals surface area contributed by atoms with Gasteiger partial charge in [-0.3, -0.25) is 4.98 Å². The van der Waals surface area contributed by atoms with Crippen LogP contribution >= 0.6 is 0 Å². The van der Waals surface area contributed by atoms with E-state index in [1.54, 1.807) is 12.4 Å². The van der Waals surface area contributed by atoms with Crippen LogP contribution in [0.4, 0.5) is 0 Å². The number of hydrogen-bond acceptors (Lipinski definition) is 3. The molecule has 0 radical (unpaired) electrons. The molecule has 2 atom stereocenters. The summed E-state index contributed by atoms with van der Waals surface area (Å²) in [4.78, 5) is 4.07. The molecule has 3 nitrogen and oxygen atoms in total. The monoisotopic (exact) mass is 268 g/mol. The van der Waals surface area contributed by atoms with E-state index in [0.29, 0.717) is 0 Å². The molecule has 0 spiro atoms. The van der Waals surface area contributed by atoms with E-state index in [-0.39, 0.29) is 12.1 Å². The van der Waals surface area contributed by atoms with E-state index in [4.69, 9.17) is 10.5 Å². The smallest absolute Gasteiger partial charge is 0.127 e. The maximum absolute atomic E-state index is 6.21. The fourth-order valence-electron chi connectivity index (χ4n) is 2.77. The quantitative estimate of drug-likeness (QED) is 0.928. The second-order valence-corrected chi connectivity index (χ2v) is 5.34. The zero-order valence-corrected chi connectivity index (χ0v) is 11.5. The normalized spacial score (nSPS) is 22.4. The van der Waals surface area contributed by atoms with Crippen molar-refractivity contribution in [2.24, 2.45) is 5.73 Å². The van der Waals surface area contributed by atoms with E-state index in [1.807, 2.05) is 30.3 Å². The van der Waals surface area contributed by atoms with Crippen LogP contribution in [0.3, 0.4) is 0 Å². The van der Waals surface area contributed by atoms with Gasteiger partial charge in [-0.1, -0.05) is 24.6 Å². The first kappa shape index (κ1) is 13.1. The van der Waals surface area contributed by atoms with Gasteiger partial charge in [-0.15, -0.1) is 0 Å². The molecule has 2 N–H and O–H groups in total. The highest BCUT2D eigenvalue weighted by molar-refractivity contribution is 5.69. The summed E-state index contributed by atoms with van der Waals surface area (Å²) in [5, 5.41) is 0. The number of nitrogens with two attached hydrogens (primary N) is 1. The SMILES string of the molecule is NC1CCCCC1Oc1ccccc1-c1ccncc1. The average molecular weight is 268 g/mol. The Labute approximate surface area is 119 Å². The summed E-state index contributed by atoms with van der Waals surface area (Å²) in [7, 11) is 0. The Morgan fingerprint density at radius 1 is 1.00 bits per heavy atom. The number of ether oxygens (including phenoxy) is 1. The minimum Gasteiger partial charge on any atom is -0.488 e. The molecule has 0 amide bonds. The van der Waals surface area contributed by atoms with Crippen LogP contribution in [0.5, 0.6) is 5.75 Å². The largest absolute Gasteiger partial charge is 0.488 e. The lowest BCUT2D eigenvalue weighted by Crippen LogP contribution is -2.41. The lowest BCUT2D eigenvalue weighted by Gasteiger charge is -2.29. The fraction of sp³-hybridized carbons (Fsp3) is 0.353. The molecule has 104 valence electrons. The van der Waals surface area contributed by atoms with Crippen LogP contribution in [0.2, 0.25) is 0 Å². The van der Waals surface area contributed by atoms with Gasteiger partial charge in [0.15, 0.2) is 0 Å². The molecule has 1 fully saturated rings. The highest BCUT2D eigenvalue weighted by Crippen LogP contribution is 2.32. The second kappa shape index (κ2) is 6.06. The van der Waals surface area contributed by atoms with Crippen molar-refractivity contribution in [1.29, 1.82) is 0 Å². The number of rotatable bonds is 3. The first-order valence-electron chi connectivity index (χ1n) is 7.26. The molecule has 0 aliphatic heterocycles. The van der Waals surface area contributed by atoms with Gasteiger partial charge in [0.2, 0.25) is 0 Å². The molecular weight excluding hydrogens is 248 g/mol. The van der Waals surface area contributed by atoms with Crippen LogP contribution in [-0.4, -0.2) is 17.1 Å². The minimum absolute atomic E-state index is 0.131. The maximum atomic E-state index is 6.21. The molecule has 20 heavy (non-hydrogen) atoms. The predicted molar refractivity (Wildman–Crippen MR) is 80.5 cm³/mol. The Morgan fingerprint density at radius 3 is 2.55 bits per heavy atom.